The molecule has 0 aliphatic rings. The lowest BCUT2D eigenvalue weighted by Gasteiger charge is -2.23. The van der Waals surface area contributed by atoms with E-state index < -0.39 is 10.0 Å². The molecule has 0 spiro atoms. The zero-order valence-corrected chi connectivity index (χ0v) is 19.9. The largest absolute Gasteiger partial charge is 0.497 e. The van der Waals surface area contributed by atoms with Gasteiger partial charge in [-0.2, -0.15) is 0 Å². The second-order valence-electron chi connectivity index (χ2n) is 7.20. The molecule has 0 unspecified atom stereocenters. The summed E-state index contributed by atoms with van der Waals surface area (Å²) >= 11 is 6.20. The summed E-state index contributed by atoms with van der Waals surface area (Å²) in [4.78, 5) is 12.4. The van der Waals surface area contributed by atoms with Crippen molar-refractivity contribution in [3.63, 3.8) is 0 Å². The van der Waals surface area contributed by atoms with Crippen LogP contribution in [-0.2, 0) is 16.6 Å². The molecule has 33 heavy (non-hydrogen) atoms. The summed E-state index contributed by atoms with van der Waals surface area (Å²) in [5.41, 5.74) is 1.59. The first-order chi connectivity index (χ1) is 15.8. The van der Waals surface area contributed by atoms with Crippen LogP contribution in [0.2, 0.25) is 5.02 Å². The number of rotatable bonds is 10. The van der Waals surface area contributed by atoms with Gasteiger partial charge in [0.25, 0.3) is 5.91 Å². The van der Waals surface area contributed by atoms with E-state index in [1.165, 1.54) is 4.31 Å². The average molecular weight is 489 g/mol. The number of ether oxygens (including phenoxy) is 2. The van der Waals surface area contributed by atoms with E-state index in [1.807, 2.05) is 0 Å². The van der Waals surface area contributed by atoms with Crippen LogP contribution in [0.5, 0.6) is 11.5 Å². The number of hydrogen-bond donors (Lipinski definition) is 1. The number of hydrogen-bond acceptors (Lipinski definition) is 5. The summed E-state index contributed by atoms with van der Waals surface area (Å²) in [5.74, 6) is 1.18. The van der Waals surface area contributed by atoms with E-state index >= 15 is 0 Å². The summed E-state index contributed by atoms with van der Waals surface area (Å²) in [6, 6.07) is 20.7. The van der Waals surface area contributed by atoms with Crippen molar-refractivity contribution in [2.24, 2.45) is 0 Å². The third kappa shape index (κ3) is 6.87. The molecular formula is C24H25ClN2O5S. The Bertz CT molecular complexity index is 1180. The van der Waals surface area contributed by atoms with Crippen LogP contribution in [0.1, 0.15) is 15.9 Å². The van der Waals surface area contributed by atoms with E-state index in [4.69, 9.17) is 21.1 Å². The smallest absolute Gasteiger partial charge is 0.251 e. The van der Waals surface area contributed by atoms with Gasteiger partial charge in [0.05, 0.1) is 37.2 Å². The fourth-order valence-corrected chi connectivity index (χ4v) is 4.26. The van der Waals surface area contributed by atoms with Crippen LogP contribution in [0.3, 0.4) is 0 Å². The highest BCUT2D eigenvalue weighted by Gasteiger charge is 2.20. The quantitative estimate of drug-likeness (QED) is 0.434. The van der Waals surface area contributed by atoms with Gasteiger partial charge >= 0.3 is 0 Å². The lowest BCUT2D eigenvalue weighted by molar-refractivity contribution is 0.0947. The Morgan fingerprint density at radius 1 is 0.970 bits per heavy atom. The van der Waals surface area contributed by atoms with E-state index in [2.05, 4.69) is 5.32 Å². The number of sulfonamides is 1. The molecule has 0 aliphatic heterocycles. The van der Waals surface area contributed by atoms with Crippen LogP contribution in [0.15, 0.2) is 72.8 Å². The predicted octanol–water partition coefficient (Wildman–Crippen LogP) is 4.12. The normalized spacial score (nSPS) is 11.0. The predicted molar refractivity (Wildman–Crippen MR) is 130 cm³/mol. The average Bonchev–Trinajstić information content (AvgIpc) is 2.81. The monoisotopic (exact) mass is 488 g/mol. The molecule has 0 atom stereocenters. The van der Waals surface area contributed by atoms with E-state index in [-0.39, 0.29) is 12.5 Å². The highest BCUT2D eigenvalue weighted by Crippen LogP contribution is 2.28. The van der Waals surface area contributed by atoms with Crippen molar-refractivity contribution in [2.75, 3.05) is 30.8 Å². The molecule has 0 saturated heterocycles. The summed E-state index contributed by atoms with van der Waals surface area (Å²) in [7, 11) is -1.96. The van der Waals surface area contributed by atoms with Gasteiger partial charge in [-0.25, -0.2) is 8.42 Å². The molecule has 174 valence electrons. The Labute approximate surface area is 198 Å². The number of benzene rings is 3. The summed E-state index contributed by atoms with van der Waals surface area (Å²) in [6.07, 6.45) is 1.13. The van der Waals surface area contributed by atoms with Gasteiger partial charge < -0.3 is 14.8 Å². The first-order valence-electron chi connectivity index (χ1n) is 10.1. The van der Waals surface area contributed by atoms with Crippen molar-refractivity contribution in [1.29, 1.82) is 0 Å². The fourth-order valence-electron chi connectivity index (χ4n) is 3.07. The minimum Gasteiger partial charge on any atom is -0.497 e. The van der Waals surface area contributed by atoms with Crippen molar-refractivity contribution >= 4 is 33.2 Å². The molecular weight excluding hydrogens is 464 g/mol. The summed E-state index contributed by atoms with van der Waals surface area (Å²) < 4.78 is 36.6. The molecule has 0 radical (unpaired) electrons. The van der Waals surface area contributed by atoms with Crippen LogP contribution in [0.4, 0.5) is 5.69 Å². The number of methoxy groups -OCH3 is 1. The SMILES string of the molecule is COc1ccc(OCCNC(=O)c2ccc(CN(c3ccccc3Cl)S(C)(=O)=O)cc2)cc1. The highest BCUT2D eigenvalue weighted by molar-refractivity contribution is 7.92. The van der Waals surface area contributed by atoms with Crippen LogP contribution >= 0.6 is 11.6 Å². The van der Waals surface area contributed by atoms with Gasteiger partial charge in [-0.3, -0.25) is 9.10 Å². The molecule has 7 nitrogen and oxygen atoms in total. The number of para-hydroxylation sites is 1. The molecule has 3 rings (SSSR count). The molecule has 9 heteroatoms. The first kappa shape index (κ1) is 24.4. The molecule has 0 bridgehead atoms. The van der Waals surface area contributed by atoms with Crippen molar-refractivity contribution < 1.29 is 22.7 Å². The van der Waals surface area contributed by atoms with E-state index in [0.29, 0.717) is 35.2 Å². The molecule has 1 N–H and O–H groups in total. The zero-order chi connectivity index (χ0) is 23.8. The first-order valence-corrected chi connectivity index (χ1v) is 12.4. The lowest BCUT2D eigenvalue weighted by Crippen LogP contribution is -2.30. The van der Waals surface area contributed by atoms with Gasteiger partial charge in [-0.1, -0.05) is 35.9 Å². The number of carbonyl (C=O) groups is 1. The van der Waals surface area contributed by atoms with E-state index in [0.717, 1.165) is 17.6 Å². The molecule has 3 aromatic carbocycles. The van der Waals surface area contributed by atoms with E-state index in [1.54, 1.807) is 79.9 Å². The van der Waals surface area contributed by atoms with Gasteiger partial charge in [0.15, 0.2) is 0 Å². The molecule has 0 aromatic heterocycles. The van der Waals surface area contributed by atoms with Crippen LogP contribution in [0, 0.1) is 0 Å². The van der Waals surface area contributed by atoms with Gasteiger partial charge in [-0.15, -0.1) is 0 Å². The lowest BCUT2D eigenvalue weighted by atomic mass is 10.1. The van der Waals surface area contributed by atoms with Gasteiger partial charge in [0.1, 0.15) is 18.1 Å². The second kappa shape index (κ2) is 11.1. The minimum absolute atomic E-state index is 0.0974. The highest BCUT2D eigenvalue weighted by atomic mass is 35.5. The standard InChI is InChI=1S/C24H25ClN2O5S/c1-31-20-11-13-21(14-12-20)32-16-15-26-24(28)19-9-7-18(8-10-19)17-27(33(2,29)30)23-6-4-3-5-22(23)25/h3-14H,15-17H2,1-2H3,(H,26,28). The maximum Gasteiger partial charge on any atom is 0.251 e. The molecule has 0 heterocycles. The van der Waals surface area contributed by atoms with Gasteiger partial charge in [-0.05, 0) is 54.1 Å². The Balaban J connectivity index is 1.56. The molecule has 0 fully saturated rings. The van der Waals surface area contributed by atoms with E-state index in [9.17, 15) is 13.2 Å². The van der Waals surface area contributed by atoms with Gasteiger partial charge in [0, 0.05) is 5.56 Å². The third-order valence-corrected chi connectivity index (χ3v) is 6.23. The van der Waals surface area contributed by atoms with Crippen molar-refractivity contribution in [3.8, 4) is 11.5 Å². The van der Waals surface area contributed by atoms with Crippen molar-refractivity contribution in [1.82, 2.24) is 5.32 Å². The molecule has 3 aromatic rings. The molecule has 1 amide bonds. The summed E-state index contributed by atoms with van der Waals surface area (Å²) in [6.45, 7) is 0.748. The van der Waals surface area contributed by atoms with Crippen molar-refractivity contribution in [3.05, 3.63) is 88.9 Å². The second-order valence-corrected chi connectivity index (χ2v) is 9.51. The maximum absolute atomic E-state index is 12.4. The Hall–Kier alpha value is -3.23. The number of anilines is 1. The molecule has 0 saturated carbocycles. The minimum atomic E-state index is -3.56. The molecule has 0 aliphatic carbocycles. The van der Waals surface area contributed by atoms with Crippen LogP contribution < -0.4 is 19.1 Å². The van der Waals surface area contributed by atoms with Crippen LogP contribution in [-0.4, -0.2) is 40.8 Å². The van der Waals surface area contributed by atoms with Crippen LogP contribution in [0.25, 0.3) is 0 Å². The Morgan fingerprint density at radius 2 is 1.61 bits per heavy atom. The summed E-state index contributed by atoms with van der Waals surface area (Å²) in [5, 5.41) is 3.14. The Morgan fingerprint density at radius 3 is 2.21 bits per heavy atom. The Kier molecular flexibility index (Phi) is 8.19. The maximum atomic E-state index is 12.4. The topological polar surface area (TPSA) is 84.9 Å². The number of halogens is 1. The van der Waals surface area contributed by atoms with Gasteiger partial charge in [0.2, 0.25) is 10.0 Å². The zero-order valence-electron chi connectivity index (χ0n) is 18.3. The number of nitrogens with zero attached hydrogens (tertiary/aromatic N) is 1. The third-order valence-electron chi connectivity index (χ3n) is 4.78. The number of amides is 1. The number of carbonyl (C=O) groups excluding carboxylic acids is 1. The fraction of sp³-hybridized carbons (Fsp3) is 0.208. The number of nitrogens with one attached hydrogen (secondary N) is 1. The van der Waals surface area contributed by atoms with Crippen molar-refractivity contribution in [2.45, 2.75) is 6.54 Å².